The summed E-state index contributed by atoms with van der Waals surface area (Å²) in [5, 5.41) is 2.59. The van der Waals surface area contributed by atoms with Crippen molar-refractivity contribution in [1.29, 1.82) is 0 Å². The Hall–Kier alpha value is -4.58. The number of aromatic nitrogens is 2. The molecule has 216 valence electrons. The van der Waals surface area contributed by atoms with Crippen LogP contribution < -0.4 is 4.90 Å². The molecule has 0 amide bonds. The normalized spacial score (nSPS) is 19.7. The first-order chi connectivity index (χ1) is 22.3. The average Bonchev–Trinajstić information content (AvgIpc) is 3.78. The molecule has 3 aromatic carbocycles. The van der Waals surface area contributed by atoms with Crippen molar-refractivity contribution in [3.8, 4) is 22.6 Å². The van der Waals surface area contributed by atoms with Gasteiger partial charge < -0.3 is 4.90 Å². The molecule has 0 spiro atoms. The highest BCUT2D eigenvalue weighted by molar-refractivity contribution is 7.20. The van der Waals surface area contributed by atoms with E-state index in [2.05, 4.69) is 120 Å². The van der Waals surface area contributed by atoms with E-state index in [0.29, 0.717) is 5.92 Å². The molecule has 6 aromatic rings. The van der Waals surface area contributed by atoms with Gasteiger partial charge in [-0.1, -0.05) is 85.0 Å². The maximum absolute atomic E-state index is 5.34. The first-order valence-corrected chi connectivity index (χ1v) is 17.5. The highest BCUT2D eigenvalue weighted by Gasteiger charge is 2.44. The summed E-state index contributed by atoms with van der Waals surface area (Å²) in [5.41, 5.74) is 10.2. The summed E-state index contributed by atoms with van der Waals surface area (Å²) in [7, 11) is 0. The maximum atomic E-state index is 5.34. The van der Waals surface area contributed by atoms with E-state index in [4.69, 9.17) is 9.97 Å². The Balaban J connectivity index is 1.15. The lowest BCUT2D eigenvalue weighted by Crippen LogP contribution is -2.26. The van der Waals surface area contributed by atoms with Gasteiger partial charge in [0.15, 0.2) is 5.82 Å². The van der Waals surface area contributed by atoms with Gasteiger partial charge in [0, 0.05) is 53.7 Å². The van der Waals surface area contributed by atoms with Gasteiger partial charge >= 0.3 is 0 Å². The van der Waals surface area contributed by atoms with Crippen molar-refractivity contribution in [3.05, 3.63) is 135 Å². The third kappa shape index (κ3) is 3.87. The smallest absolute Gasteiger partial charge is 0.161 e. The maximum Gasteiger partial charge on any atom is 0.161 e. The molecular formula is C40H29N3S2. The monoisotopic (exact) mass is 615 g/mol. The second-order valence-electron chi connectivity index (χ2n) is 12.3. The van der Waals surface area contributed by atoms with E-state index in [1.807, 2.05) is 11.3 Å². The largest absolute Gasteiger partial charge is 0.332 e. The molecule has 0 saturated carbocycles. The van der Waals surface area contributed by atoms with Crippen LogP contribution in [0.3, 0.4) is 0 Å². The zero-order valence-corrected chi connectivity index (χ0v) is 26.2. The first kappa shape index (κ1) is 25.7. The number of rotatable bonds is 3. The molecule has 1 aliphatic heterocycles. The van der Waals surface area contributed by atoms with E-state index >= 15 is 0 Å². The lowest BCUT2D eigenvalue weighted by molar-refractivity contribution is 0.606. The molecule has 2 atom stereocenters. The average molecular weight is 616 g/mol. The summed E-state index contributed by atoms with van der Waals surface area (Å²) in [5.74, 6) is 1.18. The van der Waals surface area contributed by atoms with E-state index in [-0.39, 0.29) is 6.04 Å². The van der Waals surface area contributed by atoms with E-state index in [1.54, 1.807) is 16.9 Å². The van der Waals surface area contributed by atoms with Crippen molar-refractivity contribution in [2.75, 3.05) is 4.90 Å². The number of hydrogen-bond donors (Lipinski definition) is 0. The van der Waals surface area contributed by atoms with E-state index in [0.717, 1.165) is 53.2 Å². The first-order valence-electron chi connectivity index (χ1n) is 15.9. The number of anilines is 1. The van der Waals surface area contributed by atoms with Crippen molar-refractivity contribution in [2.45, 2.75) is 31.7 Å². The van der Waals surface area contributed by atoms with E-state index in [1.165, 1.54) is 47.7 Å². The Bertz CT molecular complexity index is 2300. The van der Waals surface area contributed by atoms with E-state index < -0.39 is 0 Å². The number of fused-ring (bicyclic) bond motifs is 9. The minimum Gasteiger partial charge on any atom is -0.332 e. The van der Waals surface area contributed by atoms with Gasteiger partial charge in [-0.3, -0.25) is 0 Å². The predicted molar refractivity (Wildman–Crippen MR) is 191 cm³/mol. The van der Waals surface area contributed by atoms with Crippen LogP contribution in [-0.4, -0.2) is 9.97 Å². The topological polar surface area (TPSA) is 29.0 Å². The van der Waals surface area contributed by atoms with Crippen LogP contribution in [0.15, 0.2) is 114 Å². The zero-order chi connectivity index (χ0) is 29.5. The second-order valence-corrected chi connectivity index (χ2v) is 14.4. The standard InChI is InChI=1S/C40H29N3S2/c1-2-11-24(12-3-1)36-35-31-17-6-9-20-34(31)45-40(35)42-39(41-36)25-13-10-14-26(23-25)43-32-18-7-4-15-27(32)29-21-22-30-28-16-5-8-19-33(28)44-38(30)37(29)43/h1-3,5,7-14,16,18-23,29,37H,4,6,15,17H2. The number of benzene rings is 3. The summed E-state index contributed by atoms with van der Waals surface area (Å²) in [6.07, 6.45) is 18.5. The van der Waals surface area contributed by atoms with Gasteiger partial charge in [0.1, 0.15) is 4.83 Å². The van der Waals surface area contributed by atoms with E-state index in [9.17, 15) is 0 Å². The van der Waals surface area contributed by atoms with Crippen molar-refractivity contribution >= 4 is 60.8 Å². The molecule has 3 nitrogen and oxygen atoms in total. The molecule has 0 bridgehead atoms. The van der Waals surface area contributed by atoms with Gasteiger partial charge in [-0.05, 0) is 72.7 Å². The van der Waals surface area contributed by atoms with Crippen molar-refractivity contribution < 1.29 is 0 Å². The van der Waals surface area contributed by atoms with Gasteiger partial charge in [-0.25, -0.2) is 9.97 Å². The van der Waals surface area contributed by atoms with Crippen LogP contribution in [0.2, 0.25) is 0 Å². The van der Waals surface area contributed by atoms with Gasteiger partial charge in [0.05, 0.1) is 11.7 Å². The lowest BCUT2D eigenvalue weighted by Gasteiger charge is -2.33. The quantitative estimate of drug-likeness (QED) is 0.198. The van der Waals surface area contributed by atoms with Crippen LogP contribution in [0.4, 0.5) is 5.69 Å². The predicted octanol–water partition coefficient (Wildman–Crippen LogP) is 11.0. The molecular weight excluding hydrogens is 587 g/mol. The molecule has 4 heterocycles. The SMILES string of the molecule is C1=CC2=C(CC1)C1C=Cc3c(sc4ccccc34)C1N2c1cccc(-c2nc(-c3ccccc3)c3c4c(sc3n2)C=CCC4)c1. The van der Waals surface area contributed by atoms with Crippen molar-refractivity contribution in [2.24, 2.45) is 5.92 Å². The van der Waals surface area contributed by atoms with Crippen LogP contribution >= 0.6 is 22.7 Å². The number of thiophene rings is 2. The fourth-order valence-corrected chi connectivity index (χ4v) is 10.3. The Morgan fingerprint density at radius 1 is 0.756 bits per heavy atom. The molecule has 3 aromatic heterocycles. The number of allylic oxidation sites excluding steroid dienone is 3. The summed E-state index contributed by atoms with van der Waals surface area (Å²) in [6.45, 7) is 0. The van der Waals surface area contributed by atoms with Gasteiger partial charge in [-0.2, -0.15) is 0 Å². The van der Waals surface area contributed by atoms with Crippen LogP contribution in [0.1, 0.15) is 46.2 Å². The lowest BCUT2D eigenvalue weighted by atomic mass is 9.84. The molecule has 10 rings (SSSR count). The number of nitrogens with zero attached hydrogens (tertiary/aromatic N) is 3. The third-order valence-electron chi connectivity index (χ3n) is 9.81. The second kappa shape index (κ2) is 9.96. The Morgan fingerprint density at radius 2 is 1.60 bits per heavy atom. The molecule has 0 fully saturated rings. The molecule has 3 aliphatic carbocycles. The van der Waals surface area contributed by atoms with Gasteiger partial charge in [-0.15, -0.1) is 22.7 Å². The Morgan fingerprint density at radius 3 is 2.56 bits per heavy atom. The Kier molecular flexibility index (Phi) is 5.69. The van der Waals surface area contributed by atoms with Crippen molar-refractivity contribution in [3.63, 3.8) is 0 Å². The molecule has 45 heavy (non-hydrogen) atoms. The number of hydrogen-bond acceptors (Lipinski definition) is 5. The molecule has 0 N–H and O–H groups in total. The Labute approximate surface area is 270 Å². The zero-order valence-electron chi connectivity index (χ0n) is 24.6. The molecule has 0 radical (unpaired) electrons. The molecule has 0 saturated heterocycles. The fraction of sp³-hybridized carbons (Fsp3) is 0.150. The fourth-order valence-electron chi connectivity index (χ4n) is 7.82. The highest BCUT2D eigenvalue weighted by atomic mass is 32.1. The molecule has 2 unspecified atom stereocenters. The van der Waals surface area contributed by atoms with Crippen LogP contribution in [0, 0.1) is 5.92 Å². The summed E-state index contributed by atoms with van der Waals surface area (Å²) in [6, 6.07) is 28.7. The summed E-state index contributed by atoms with van der Waals surface area (Å²) in [4.78, 5) is 17.1. The minimum atomic E-state index is 0.254. The third-order valence-corrected chi connectivity index (χ3v) is 12.2. The van der Waals surface area contributed by atoms with Crippen molar-refractivity contribution in [1.82, 2.24) is 9.97 Å². The minimum absolute atomic E-state index is 0.254. The summed E-state index contributed by atoms with van der Waals surface area (Å²) < 4.78 is 1.37. The van der Waals surface area contributed by atoms with Gasteiger partial charge in [0.2, 0.25) is 0 Å². The van der Waals surface area contributed by atoms with Crippen LogP contribution in [-0.2, 0) is 6.42 Å². The van der Waals surface area contributed by atoms with Crippen LogP contribution in [0.5, 0.6) is 0 Å². The van der Waals surface area contributed by atoms with Gasteiger partial charge in [0.25, 0.3) is 0 Å². The molecule has 5 heteroatoms. The summed E-state index contributed by atoms with van der Waals surface area (Å²) >= 11 is 3.76. The molecule has 4 aliphatic rings. The van der Waals surface area contributed by atoms with Crippen LogP contribution in [0.25, 0.3) is 55.1 Å². The highest BCUT2D eigenvalue weighted by Crippen LogP contribution is 2.56. The number of aryl methyl sites for hydroxylation is 1.